The summed E-state index contributed by atoms with van der Waals surface area (Å²) in [5.74, 6) is 0. The van der Waals surface area contributed by atoms with Gasteiger partial charge in [0, 0.05) is 11.6 Å². The predicted octanol–water partition coefficient (Wildman–Crippen LogP) is 3.03. The molecule has 0 heterocycles. The van der Waals surface area contributed by atoms with Gasteiger partial charge in [0.1, 0.15) is 6.61 Å². The van der Waals surface area contributed by atoms with Gasteiger partial charge in [0.15, 0.2) is 0 Å². The van der Waals surface area contributed by atoms with Crippen LogP contribution in [0.5, 0.6) is 0 Å². The number of benzene rings is 1. The highest BCUT2D eigenvalue weighted by Gasteiger charge is 1.97. The summed E-state index contributed by atoms with van der Waals surface area (Å²) < 4.78 is 0. The van der Waals surface area contributed by atoms with Crippen LogP contribution in [0, 0.1) is 0 Å². The smallest absolute Gasteiger partial charge is 0.129 e. The molecular formula is C13H19ClN2O. The summed E-state index contributed by atoms with van der Waals surface area (Å²) >= 11 is 5.85. The van der Waals surface area contributed by atoms with Crippen molar-refractivity contribution in [1.82, 2.24) is 4.90 Å². The first-order valence-electron chi connectivity index (χ1n) is 5.89. The minimum atomic E-state index is 0.610. The first-order valence-corrected chi connectivity index (χ1v) is 6.27. The van der Waals surface area contributed by atoms with Crippen molar-refractivity contribution in [2.45, 2.75) is 13.8 Å². The van der Waals surface area contributed by atoms with Gasteiger partial charge in [0.25, 0.3) is 0 Å². The third-order valence-electron chi connectivity index (χ3n) is 2.52. The van der Waals surface area contributed by atoms with Crippen molar-refractivity contribution in [3.8, 4) is 0 Å². The van der Waals surface area contributed by atoms with E-state index in [1.807, 2.05) is 24.3 Å². The zero-order valence-electron chi connectivity index (χ0n) is 10.4. The molecule has 1 aromatic rings. The minimum absolute atomic E-state index is 0.610. The highest BCUT2D eigenvalue weighted by molar-refractivity contribution is 6.30. The van der Waals surface area contributed by atoms with Crippen molar-refractivity contribution in [3.05, 3.63) is 34.9 Å². The van der Waals surface area contributed by atoms with Gasteiger partial charge in [0.2, 0.25) is 0 Å². The first-order chi connectivity index (χ1) is 8.26. The first kappa shape index (κ1) is 14.0. The highest BCUT2D eigenvalue weighted by Crippen LogP contribution is 2.08. The number of hydrogen-bond acceptors (Lipinski definition) is 3. The van der Waals surface area contributed by atoms with E-state index in [-0.39, 0.29) is 0 Å². The fraction of sp³-hybridized carbons (Fsp3) is 0.462. The molecule has 1 rings (SSSR count). The maximum Gasteiger partial charge on any atom is 0.129 e. The second-order valence-electron chi connectivity index (χ2n) is 3.65. The summed E-state index contributed by atoms with van der Waals surface area (Å²) in [7, 11) is 0. The Balaban J connectivity index is 2.26. The number of rotatable bonds is 7. The number of halogens is 1. The molecule has 0 radical (unpaired) electrons. The van der Waals surface area contributed by atoms with Gasteiger partial charge in [-0.3, -0.25) is 0 Å². The monoisotopic (exact) mass is 254 g/mol. The van der Waals surface area contributed by atoms with Gasteiger partial charge in [0.05, 0.1) is 6.21 Å². The molecule has 0 N–H and O–H groups in total. The molecule has 0 fully saturated rings. The van der Waals surface area contributed by atoms with Crippen molar-refractivity contribution in [2.24, 2.45) is 5.16 Å². The Morgan fingerprint density at radius 1 is 1.35 bits per heavy atom. The van der Waals surface area contributed by atoms with E-state index in [0.29, 0.717) is 11.6 Å². The van der Waals surface area contributed by atoms with Crippen LogP contribution >= 0.6 is 11.6 Å². The summed E-state index contributed by atoms with van der Waals surface area (Å²) in [5.41, 5.74) is 0.945. The molecule has 0 aromatic heterocycles. The van der Waals surface area contributed by atoms with Crippen LogP contribution in [-0.2, 0) is 4.84 Å². The van der Waals surface area contributed by atoms with E-state index < -0.39 is 0 Å². The van der Waals surface area contributed by atoms with E-state index in [4.69, 9.17) is 16.4 Å². The number of oxime groups is 1. The summed E-state index contributed by atoms with van der Waals surface area (Å²) in [6.45, 7) is 7.87. The van der Waals surface area contributed by atoms with Crippen LogP contribution in [0.4, 0.5) is 0 Å². The Kier molecular flexibility index (Phi) is 6.67. The van der Waals surface area contributed by atoms with Crippen LogP contribution < -0.4 is 0 Å². The maximum absolute atomic E-state index is 5.85. The molecule has 94 valence electrons. The standard InChI is InChI=1S/C13H19ClN2O/c1-3-16(4-2)8-9-17-15-11-12-6-5-7-13(14)10-12/h5-7,10-11H,3-4,8-9H2,1-2H3/b15-11+. The summed E-state index contributed by atoms with van der Waals surface area (Å²) in [4.78, 5) is 7.48. The molecule has 0 saturated carbocycles. The van der Waals surface area contributed by atoms with Gasteiger partial charge in [-0.15, -0.1) is 0 Å². The van der Waals surface area contributed by atoms with Crippen LogP contribution in [-0.4, -0.2) is 37.4 Å². The van der Waals surface area contributed by atoms with Crippen LogP contribution in [0.25, 0.3) is 0 Å². The lowest BCUT2D eigenvalue weighted by atomic mass is 10.2. The van der Waals surface area contributed by atoms with Crippen LogP contribution in [0.3, 0.4) is 0 Å². The SMILES string of the molecule is CCN(CC)CCO/N=C/c1cccc(Cl)c1. The van der Waals surface area contributed by atoms with Gasteiger partial charge in [-0.2, -0.15) is 0 Å². The van der Waals surface area contributed by atoms with E-state index in [2.05, 4.69) is 23.9 Å². The van der Waals surface area contributed by atoms with Crippen molar-refractivity contribution >= 4 is 17.8 Å². The average Bonchev–Trinajstić information content (AvgIpc) is 2.34. The molecule has 4 heteroatoms. The lowest BCUT2D eigenvalue weighted by Gasteiger charge is -2.16. The molecule has 0 atom stereocenters. The maximum atomic E-state index is 5.85. The fourth-order valence-corrected chi connectivity index (χ4v) is 1.65. The topological polar surface area (TPSA) is 24.8 Å². The largest absolute Gasteiger partial charge is 0.394 e. The second-order valence-corrected chi connectivity index (χ2v) is 4.09. The Morgan fingerprint density at radius 2 is 2.12 bits per heavy atom. The lowest BCUT2D eigenvalue weighted by Crippen LogP contribution is -2.26. The Morgan fingerprint density at radius 3 is 2.76 bits per heavy atom. The number of nitrogens with zero attached hydrogens (tertiary/aromatic N) is 2. The Hall–Kier alpha value is -1.06. The summed E-state index contributed by atoms with van der Waals surface area (Å²) in [6.07, 6.45) is 1.67. The zero-order chi connectivity index (χ0) is 12.5. The second kappa shape index (κ2) is 8.09. The lowest BCUT2D eigenvalue weighted by molar-refractivity contribution is 0.115. The van der Waals surface area contributed by atoms with Crippen LogP contribution in [0.2, 0.25) is 5.02 Å². The molecule has 0 spiro atoms. The molecular weight excluding hydrogens is 236 g/mol. The average molecular weight is 255 g/mol. The number of hydrogen-bond donors (Lipinski definition) is 0. The third-order valence-corrected chi connectivity index (χ3v) is 2.75. The van der Waals surface area contributed by atoms with Gasteiger partial charge in [-0.05, 0) is 30.8 Å². The van der Waals surface area contributed by atoms with Crippen LogP contribution in [0.15, 0.2) is 29.4 Å². The molecule has 0 aliphatic carbocycles. The van der Waals surface area contributed by atoms with Gasteiger partial charge in [-0.25, -0.2) is 0 Å². The van der Waals surface area contributed by atoms with Gasteiger partial charge < -0.3 is 9.74 Å². The van der Waals surface area contributed by atoms with Crippen molar-refractivity contribution in [3.63, 3.8) is 0 Å². The predicted molar refractivity (Wildman–Crippen MR) is 72.8 cm³/mol. The van der Waals surface area contributed by atoms with Crippen molar-refractivity contribution in [1.29, 1.82) is 0 Å². The van der Waals surface area contributed by atoms with E-state index >= 15 is 0 Å². The molecule has 0 aliphatic rings. The highest BCUT2D eigenvalue weighted by atomic mass is 35.5. The quantitative estimate of drug-likeness (QED) is 0.425. The molecule has 1 aromatic carbocycles. The van der Waals surface area contributed by atoms with E-state index in [1.54, 1.807) is 6.21 Å². The third kappa shape index (κ3) is 5.71. The molecule has 0 unspecified atom stereocenters. The van der Waals surface area contributed by atoms with Gasteiger partial charge in [-0.1, -0.05) is 42.7 Å². The normalized spacial score (nSPS) is 11.3. The van der Waals surface area contributed by atoms with Crippen LogP contribution in [0.1, 0.15) is 19.4 Å². The van der Waals surface area contributed by atoms with E-state index in [0.717, 1.165) is 25.2 Å². The molecule has 0 amide bonds. The fourth-order valence-electron chi connectivity index (χ4n) is 1.45. The van der Waals surface area contributed by atoms with E-state index in [1.165, 1.54) is 0 Å². The molecule has 0 saturated heterocycles. The minimum Gasteiger partial charge on any atom is -0.394 e. The summed E-state index contributed by atoms with van der Waals surface area (Å²) in [5, 5.41) is 4.62. The summed E-state index contributed by atoms with van der Waals surface area (Å²) in [6, 6.07) is 7.50. The Bertz CT molecular complexity index is 351. The van der Waals surface area contributed by atoms with E-state index in [9.17, 15) is 0 Å². The number of likely N-dealkylation sites (N-methyl/N-ethyl adjacent to an activating group) is 1. The molecule has 3 nitrogen and oxygen atoms in total. The molecule has 17 heavy (non-hydrogen) atoms. The van der Waals surface area contributed by atoms with Gasteiger partial charge >= 0.3 is 0 Å². The van der Waals surface area contributed by atoms with Crippen molar-refractivity contribution in [2.75, 3.05) is 26.2 Å². The molecule has 0 aliphatic heterocycles. The zero-order valence-corrected chi connectivity index (χ0v) is 11.2. The Labute approximate surface area is 108 Å². The molecule has 0 bridgehead atoms. The van der Waals surface area contributed by atoms with Crippen molar-refractivity contribution < 1.29 is 4.84 Å².